The van der Waals surface area contributed by atoms with Crippen molar-refractivity contribution in [1.82, 2.24) is 9.78 Å². The molecular weight excluding hydrogens is 354 g/mol. The van der Waals surface area contributed by atoms with E-state index in [1.807, 2.05) is 34.6 Å². The molecule has 0 fully saturated rings. The van der Waals surface area contributed by atoms with Crippen LogP contribution in [0, 0.1) is 6.92 Å². The molecule has 4 rings (SSSR count). The zero-order valence-corrected chi connectivity index (χ0v) is 16.3. The van der Waals surface area contributed by atoms with Gasteiger partial charge in [0.15, 0.2) is 0 Å². The molecule has 0 bridgehead atoms. The first-order chi connectivity index (χ1) is 13.2. The normalized spacial score (nSPS) is 12.8. The summed E-state index contributed by atoms with van der Waals surface area (Å²) in [7, 11) is 0. The van der Waals surface area contributed by atoms with Gasteiger partial charge in [0, 0.05) is 23.5 Å². The van der Waals surface area contributed by atoms with Gasteiger partial charge in [-0.25, -0.2) is 4.68 Å². The first-order valence-corrected chi connectivity index (χ1v) is 10.5. The number of benzene rings is 2. The second-order valence-electron chi connectivity index (χ2n) is 6.90. The second kappa shape index (κ2) is 8.01. The predicted octanol–water partition coefficient (Wildman–Crippen LogP) is 4.89. The number of hydrogen-bond donors (Lipinski definition) is 1. The molecule has 5 heteroatoms. The number of rotatable bonds is 6. The van der Waals surface area contributed by atoms with Crippen LogP contribution in [0.1, 0.15) is 35.2 Å². The molecule has 1 aliphatic heterocycles. The van der Waals surface area contributed by atoms with Crippen molar-refractivity contribution < 1.29 is 4.79 Å². The van der Waals surface area contributed by atoms with Crippen LogP contribution in [0.2, 0.25) is 0 Å². The summed E-state index contributed by atoms with van der Waals surface area (Å²) in [5.74, 6) is 2.70. The Bertz CT molecular complexity index is 932. The molecule has 27 heavy (non-hydrogen) atoms. The zero-order valence-electron chi connectivity index (χ0n) is 15.4. The highest BCUT2D eigenvalue weighted by atomic mass is 32.2. The van der Waals surface area contributed by atoms with E-state index in [4.69, 9.17) is 5.10 Å². The number of aryl methyl sites for hydroxylation is 2. The second-order valence-corrected chi connectivity index (χ2v) is 7.89. The predicted molar refractivity (Wildman–Crippen MR) is 111 cm³/mol. The van der Waals surface area contributed by atoms with Crippen LogP contribution in [0.25, 0.3) is 5.69 Å². The first-order valence-electron chi connectivity index (χ1n) is 9.30. The molecule has 0 saturated heterocycles. The molecule has 0 aliphatic carbocycles. The average molecular weight is 378 g/mol. The molecule has 1 amide bonds. The number of nitrogens with zero attached hydrogens (tertiary/aromatic N) is 2. The van der Waals surface area contributed by atoms with Crippen LogP contribution >= 0.6 is 11.8 Å². The Kier molecular flexibility index (Phi) is 5.30. The van der Waals surface area contributed by atoms with E-state index in [1.54, 1.807) is 0 Å². The molecule has 138 valence electrons. The Labute approximate surface area is 164 Å². The minimum absolute atomic E-state index is 0.0545. The number of hydrogen-bond acceptors (Lipinski definition) is 3. The number of nitrogens with one attached hydrogen (secondary N) is 1. The Balaban J connectivity index is 1.47. The summed E-state index contributed by atoms with van der Waals surface area (Å²) in [5, 5.41) is 7.89. The highest BCUT2D eigenvalue weighted by Crippen LogP contribution is 2.36. The van der Waals surface area contributed by atoms with E-state index in [2.05, 4.69) is 48.6 Å². The highest BCUT2D eigenvalue weighted by Gasteiger charge is 2.24. The lowest BCUT2D eigenvalue weighted by atomic mass is 10.1. The van der Waals surface area contributed by atoms with Crippen LogP contribution < -0.4 is 5.32 Å². The van der Waals surface area contributed by atoms with E-state index in [0.29, 0.717) is 6.42 Å². The van der Waals surface area contributed by atoms with Gasteiger partial charge in [-0.2, -0.15) is 16.9 Å². The molecule has 0 saturated carbocycles. The molecule has 0 atom stereocenters. The standard InChI is InChI=1S/C22H23N3OS/c1-16-10-12-18(13-11-16)25-22(19-14-27-15-20(19)24-25)23-21(26)9-5-8-17-6-3-2-4-7-17/h2-4,6-7,10-13H,5,8-9,14-15H2,1H3,(H,23,26). The Morgan fingerprint density at radius 1 is 1.11 bits per heavy atom. The summed E-state index contributed by atoms with van der Waals surface area (Å²) < 4.78 is 1.89. The average Bonchev–Trinajstić information content (AvgIpc) is 3.26. The van der Waals surface area contributed by atoms with Gasteiger partial charge in [-0.15, -0.1) is 0 Å². The summed E-state index contributed by atoms with van der Waals surface area (Å²) in [5.41, 5.74) is 5.71. The van der Waals surface area contributed by atoms with Crippen molar-refractivity contribution in [3.63, 3.8) is 0 Å². The van der Waals surface area contributed by atoms with Crippen molar-refractivity contribution in [2.24, 2.45) is 0 Å². The molecular formula is C22H23N3OS. The van der Waals surface area contributed by atoms with Crippen LogP contribution in [0.15, 0.2) is 54.6 Å². The summed E-state index contributed by atoms with van der Waals surface area (Å²) in [4.78, 5) is 12.6. The lowest BCUT2D eigenvalue weighted by Gasteiger charge is -2.11. The van der Waals surface area contributed by atoms with Gasteiger partial charge in [0.25, 0.3) is 0 Å². The third-order valence-electron chi connectivity index (χ3n) is 4.80. The summed E-state index contributed by atoms with van der Waals surface area (Å²) in [6, 6.07) is 18.5. The van der Waals surface area contributed by atoms with Crippen LogP contribution in [0.3, 0.4) is 0 Å². The number of thioether (sulfide) groups is 1. The van der Waals surface area contributed by atoms with Crippen LogP contribution in [0.4, 0.5) is 5.82 Å². The van der Waals surface area contributed by atoms with E-state index in [9.17, 15) is 4.79 Å². The Morgan fingerprint density at radius 3 is 2.67 bits per heavy atom. The summed E-state index contributed by atoms with van der Waals surface area (Å²) >= 11 is 1.85. The maximum absolute atomic E-state index is 12.6. The molecule has 4 nitrogen and oxygen atoms in total. The first kappa shape index (κ1) is 17.9. The third kappa shape index (κ3) is 4.08. The van der Waals surface area contributed by atoms with Crippen LogP contribution in [-0.4, -0.2) is 15.7 Å². The van der Waals surface area contributed by atoms with Gasteiger partial charge in [0.2, 0.25) is 5.91 Å². The Hall–Kier alpha value is -2.53. The van der Waals surface area contributed by atoms with Crippen molar-refractivity contribution in [2.45, 2.75) is 37.7 Å². The number of carbonyl (C=O) groups excluding carboxylic acids is 1. The van der Waals surface area contributed by atoms with E-state index < -0.39 is 0 Å². The minimum atomic E-state index is 0.0545. The third-order valence-corrected chi connectivity index (χ3v) is 5.77. The lowest BCUT2D eigenvalue weighted by Crippen LogP contribution is -2.16. The van der Waals surface area contributed by atoms with Crippen LogP contribution in [0.5, 0.6) is 0 Å². The fourth-order valence-corrected chi connectivity index (χ4v) is 4.34. The Morgan fingerprint density at radius 2 is 1.89 bits per heavy atom. The zero-order chi connectivity index (χ0) is 18.6. The molecule has 2 heterocycles. The minimum Gasteiger partial charge on any atom is -0.310 e. The largest absolute Gasteiger partial charge is 0.310 e. The molecule has 1 aromatic heterocycles. The van der Waals surface area contributed by atoms with Gasteiger partial charge in [-0.1, -0.05) is 48.0 Å². The van der Waals surface area contributed by atoms with Crippen LogP contribution in [-0.2, 0) is 22.7 Å². The van der Waals surface area contributed by atoms with Crippen molar-refractivity contribution in [1.29, 1.82) is 0 Å². The molecule has 0 unspecified atom stereocenters. The fourth-order valence-electron chi connectivity index (χ4n) is 3.31. The van der Waals surface area contributed by atoms with Gasteiger partial charge in [0.05, 0.1) is 11.4 Å². The number of fused-ring (bicyclic) bond motifs is 1. The van der Waals surface area contributed by atoms with Crippen molar-refractivity contribution in [3.05, 3.63) is 77.0 Å². The quantitative estimate of drug-likeness (QED) is 0.665. The molecule has 0 spiro atoms. The number of carbonyl (C=O) groups is 1. The van der Waals surface area contributed by atoms with E-state index in [0.717, 1.165) is 47.1 Å². The molecule has 0 radical (unpaired) electrons. The number of anilines is 1. The van der Waals surface area contributed by atoms with Gasteiger partial charge in [0.1, 0.15) is 5.82 Å². The van der Waals surface area contributed by atoms with Crippen molar-refractivity contribution in [3.8, 4) is 5.69 Å². The number of aromatic nitrogens is 2. The van der Waals surface area contributed by atoms with Gasteiger partial charge >= 0.3 is 0 Å². The molecule has 2 aromatic carbocycles. The highest BCUT2D eigenvalue weighted by molar-refractivity contribution is 7.98. The van der Waals surface area contributed by atoms with E-state index >= 15 is 0 Å². The molecule has 3 aromatic rings. The molecule has 1 N–H and O–H groups in total. The SMILES string of the molecule is Cc1ccc(-n2nc3c(c2NC(=O)CCCc2ccccc2)CSC3)cc1. The fraction of sp³-hybridized carbons (Fsp3) is 0.273. The van der Waals surface area contributed by atoms with Gasteiger partial charge in [-0.05, 0) is 37.5 Å². The topological polar surface area (TPSA) is 46.9 Å². The smallest absolute Gasteiger partial charge is 0.225 e. The number of amides is 1. The monoisotopic (exact) mass is 377 g/mol. The van der Waals surface area contributed by atoms with Crippen molar-refractivity contribution in [2.75, 3.05) is 5.32 Å². The lowest BCUT2D eigenvalue weighted by molar-refractivity contribution is -0.116. The van der Waals surface area contributed by atoms with Crippen molar-refractivity contribution >= 4 is 23.5 Å². The van der Waals surface area contributed by atoms with E-state index in [1.165, 1.54) is 11.1 Å². The van der Waals surface area contributed by atoms with E-state index in [-0.39, 0.29) is 5.91 Å². The summed E-state index contributed by atoms with van der Waals surface area (Å²) in [6.45, 7) is 2.07. The van der Waals surface area contributed by atoms with Gasteiger partial charge in [-0.3, -0.25) is 4.79 Å². The maximum atomic E-state index is 12.6. The molecule has 1 aliphatic rings. The van der Waals surface area contributed by atoms with Gasteiger partial charge < -0.3 is 5.32 Å². The maximum Gasteiger partial charge on any atom is 0.225 e. The summed E-state index contributed by atoms with van der Waals surface area (Å²) in [6.07, 6.45) is 2.26.